The van der Waals surface area contributed by atoms with E-state index in [1.807, 2.05) is 30.3 Å². The highest BCUT2D eigenvalue weighted by atomic mass is 16.2. The molecule has 1 aliphatic rings. The van der Waals surface area contributed by atoms with Crippen molar-refractivity contribution in [2.75, 3.05) is 26.7 Å². The predicted octanol–water partition coefficient (Wildman–Crippen LogP) is 2.22. The van der Waals surface area contributed by atoms with Gasteiger partial charge in [-0.2, -0.15) is 0 Å². The van der Waals surface area contributed by atoms with Gasteiger partial charge in [-0.3, -0.25) is 0 Å². The Bertz CT molecular complexity index is 425. The summed E-state index contributed by atoms with van der Waals surface area (Å²) in [4.78, 5) is 14.2. The van der Waals surface area contributed by atoms with E-state index in [2.05, 4.69) is 29.5 Å². The number of urea groups is 1. The van der Waals surface area contributed by atoms with Gasteiger partial charge in [0.1, 0.15) is 0 Å². The fourth-order valence-corrected chi connectivity index (χ4v) is 2.47. The van der Waals surface area contributed by atoms with Gasteiger partial charge in [-0.15, -0.1) is 0 Å². The number of nitrogens with one attached hydrogen (secondary N) is 2. The molecule has 0 saturated carbocycles. The number of carbonyl (C=O) groups excluding carboxylic acids is 1. The summed E-state index contributed by atoms with van der Waals surface area (Å²) < 4.78 is 0. The molecule has 4 heteroatoms. The summed E-state index contributed by atoms with van der Waals surface area (Å²) in [6.45, 7) is 5.82. The maximum atomic E-state index is 11.8. The standard InChI is InChI=1S/C16H25N3O/c1-16(8-10-19(2)11-9-16)13-18-15(20)17-12-14-6-4-3-5-7-14/h3-7H,8-13H2,1-2H3,(H2,17,18,20). The maximum Gasteiger partial charge on any atom is 0.315 e. The van der Waals surface area contributed by atoms with Crippen LogP contribution in [0.5, 0.6) is 0 Å². The molecule has 2 N–H and O–H groups in total. The number of benzene rings is 1. The van der Waals surface area contributed by atoms with Crippen LogP contribution in [-0.2, 0) is 6.54 Å². The minimum absolute atomic E-state index is 0.0750. The maximum absolute atomic E-state index is 11.8. The summed E-state index contributed by atoms with van der Waals surface area (Å²) in [5.41, 5.74) is 1.35. The van der Waals surface area contributed by atoms with Gasteiger partial charge in [0.05, 0.1) is 0 Å². The first-order valence-corrected chi connectivity index (χ1v) is 7.32. The van der Waals surface area contributed by atoms with Crippen LogP contribution in [0.25, 0.3) is 0 Å². The molecule has 0 radical (unpaired) electrons. The van der Waals surface area contributed by atoms with Crippen molar-refractivity contribution in [3.63, 3.8) is 0 Å². The lowest BCUT2D eigenvalue weighted by Crippen LogP contribution is -2.45. The minimum Gasteiger partial charge on any atom is -0.338 e. The third-order valence-corrected chi connectivity index (χ3v) is 4.17. The Morgan fingerprint density at radius 2 is 1.85 bits per heavy atom. The number of likely N-dealkylation sites (tertiary alicyclic amines) is 1. The number of carbonyl (C=O) groups is 1. The molecule has 4 nitrogen and oxygen atoms in total. The molecule has 1 aromatic rings. The van der Waals surface area contributed by atoms with Crippen molar-refractivity contribution >= 4 is 6.03 Å². The molecule has 0 spiro atoms. The molecule has 2 amide bonds. The summed E-state index contributed by atoms with van der Waals surface area (Å²) in [6.07, 6.45) is 2.28. The van der Waals surface area contributed by atoms with Crippen LogP contribution in [0.1, 0.15) is 25.3 Å². The summed E-state index contributed by atoms with van der Waals surface area (Å²) in [7, 11) is 2.15. The normalized spacial score (nSPS) is 18.5. The lowest BCUT2D eigenvalue weighted by atomic mass is 9.80. The predicted molar refractivity (Wildman–Crippen MR) is 81.5 cm³/mol. The topological polar surface area (TPSA) is 44.4 Å². The van der Waals surface area contributed by atoms with E-state index in [4.69, 9.17) is 0 Å². The molecule has 0 unspecified atom stereocenters. The van der Waals surface area contributed by atoms with E-state index >= 15 is 0 Å². The largest absolute Gasteiger partial charge is 0.338 e. The van der Waals surface area contributed by atoms with Crippen molar-refractivity contribution in [2.24, 2.45) is 5.41 Å². The average molecular weight is 275 g/mol. The Kier molecular flexibility index (Phi) is 5.01. The van der Waals surface area contributed by atoms with Gasteiger partial charge >= 0.3 is 6.03 Å². The van der Waals surface area contributed by atoms with Crippen molar-refractivity contribution in [1.82, 2.24) is 15.5 Å². The second kappa shape index (κ2) is 6.75. The van der Waals surface area contributed by atoms with Crippen LogP contribution in [0.3, 0.4) is 0 Å². The Morgan fingerprint density at radius 1 is 1.20 bits per heavy atom. The van der Waals surface area contributed by atoms with E-state index in [0.29, 0.717) is 6.54 Å². The molecule has 20 heavy (non-hydrogen) atoms. The number of nitrogens with zero attached hydrogens (tertiary/aromatic N) is 1. The highest BCUT2D eigenvalue weighted by Gasteiger charge is 2.28. The van der Waals surface area contributed by atoms with Crippen LogP contribution in [-0.4, -0.2) is 37.6 Å². The lowest BCUT2D eigenvalue weighted by Gasteiger charge is -2.37. The van der Waals surface area contributed by atoms with Crippen molar-refractivity contribution in [3.05, 3.63) is 35.9 Å². The first kappa shape index (κ1) is 14.9. The highest BCUT2D eigenvalue weighted by Crippen LogP contribution is 2.29. The fraction of sp³-hybridized carbons (Fsp3) is 0.562. The van der Waals surface area contributed by atoms with Gasteiger partial charge < -0.3 is 15.5 Å². The van der Waals surface area contributed by atoms with E-state index in [9.17, 15) is 4.79 Å². The summed E-state index contributed by atoms with van der Waals surface area (Å²) >= 11 is 0. The summed E-state index contributed by atoms with van der Waals surface area (Å²) in [5.74, 6) is 0. The highest BCUT2D eigenvalue weighted by molar-refractivity contribution is 5.73. The Morgan fingerprint density at radius 3 is 2.50 bits per heavy atom. The second-order valence-electron chi connectivity index (χ2n) is 6.14. The zero-order valence-electron chi connectivity index (χ0n) is 12.5. The first-order chi connectivity index (χ1) is 9.57. The average Bonchev–Trinajstić information content (AvgIpc) is 2.48. The quantitative estimate of drug-likeness (QED) is 0.885. The monoisotopic (exact) mass is 275 g/mol. The third kappa shape index (κ3) is 4.53. The van der Waals surface area contributed by atoms with E-state index in [0.717, 1.165) is 38.0 Å². The van der Waals surface area contributed by atoms with Gasteiger partial charge in [0.25, 0.3) is 0 Å². The molecule has 2 rings (SSSR count). The van der Waals surface area contributed by atoms with Gasteiger partial charge in [0, 0.05) is 13.1 Å². The van der Waals surface area contributed by atoms with Crippen LogP contribution in [0.2, 0.25) is 0 Å². The smallest absolute Gasteiger partial charge is 0.315 e. The Labute approximate surface area is 121 Å². The van der Waals surface area contributed by atoms with E-state index in [-0.39, 0.29) is 11.4 Å². The van der Waals surface area contributed by atoms with Gasteiger partial charge in [0.2, 0.25) is 0 Å². The molecule has 1 aromatic carbocycles. The lowest BCUT2D eigenvalue weighted by molar-refractivity contribution is 0.138. The van der Waals surface area contributed by atoms with Gasteiger partial charge in [0.15, 0.2) is 0 Å². The van der Waals surface area contributed by atoms with E-state index in [1.54, 1.807) is 0 Å². The van der Waals surface area contributed by atoms with Crippen molar-refractivity contribution in [2.45, 2.75) is 26.3 Å². The molecule has 0 bridgehead atoms. The van der Waals surface area contributed by atoms with Crippen LogP contribution in [0, 0.1) is 5.41 Å². The van der Waals surface area contributed by atoms with E-state index < -0.39 is 0 Å². The fourth-order valence-electron chi connectivity index (χ4n) is 2.47. The number of piperidine rings is 1. The first-order valence-electron chi connectivity index (χ1n) is 7.32. The Balaban J connectivity index is 1.70. The molecule has 0 aliphatic carbocycles. The molecule has 1 heterocycles. The molecular formula is C16H25N3O. The molecular weight excluding hydrogens is 250 g/mol. The summed E-state index contributed by atoms with van der Waals surface area (Å²) in [5, 5.41) is 5.91. The molecule has 0 aromatic heterocycles. The number of rotatable bonds is 4. The SMILES string of the molecule is CN1CCC(C)(CNC(=O)NCc2ccccc2)CC1. The molecule has 110 valence electrons. The molecule has 1 aliphatic heterocycles. The number of hydrogen-bond donors (Lipinski definition) is 2. The number of amides is 2. The van der Waals surface area contributed by atoms with E-state index in [1.165, 1.54) is 0 Å². The number of hydrogen-bond acceptors (Lipinski definition) is 2. The zero-order valence-corrected chi connectivity index (χ0v) is 12.5. The summed E-state index contributed by atoms with van der Waals surface area (Å²) in [6, 6.07) is 9.89. The van der Waals surface area contributed by atoms with Crippen molar-refractivity contribution in [3.8, 4) is 0 Å². The van der Waals surface area contributed by atoms with Crippen LogP contribution in [0.4, 0.5) is 4.79 Å². The van der Waals surface area contributed by atoms with Crippen LogP contribution < -0.4 is 10.6 Å². The van der Waals surface area contributed by atoms with Crippen molar-refractivity contribution < 1.29 is 4.79 Å². The minimum atomic E-state index is -0.0750. The van der Waals surface area contributed by atoms with Crippen LogP contribution in [0.15, 0.2) is 30.3 Å². The molecule has 1 fully saturated rings. The zero-order chi connectivity index (χ0) is 14.4. The van der Waals surface area contributed by atoms with Gasteiger partial charge in [-0.25, -0.2) is 4.79 Å². The van der Waals surface area contributed by atoms with Crippen molar-refractivity contribution in [1.29, 1.82) is 0 Å². The second-order valence-corrected chi connectivity index (χ2v) is 6.14. The van der Waals surface area contributed by atoms with Gasteiger partial charge in [-0.05, 0) is 44.0 Å². The third-order valence-electron chi connectivity index (χ3n) is 4.17. The van der Waals surface area contributed by atoms with Gasteiger partial charge in [-0.1, -0.05) is 37.3 Å². The molecule has 0 atom stereocenters. The van der Waals surface area contributed by atoms with Crippen LogP contribution >= 0.6 is 0 Å². The Hall–Kier alpha value is -1.55. The molecule has 1 saturated heterocycles.